The van der Waals surface area contributed by atoms with E-state index in [1.165, 1.54) is 36.3 Å². The number of ketones is 1. The second-order valence-electron chi connectivity index (χ2n) is 11.3. The largest absolute Gasteiger partial charge is 0.289 e. The molecular formula is C37H36OS2. The second-order valence-corrected chi connectivity index (χ2v) is 14.7. The fourth-order valence-corrected chi connectivity index (χ4v) is 7.65. The van der Waals surface area contributed by atoms with Gasteiger partial charge in [-0.2, -0.15) is 10.9 Å². The third-order valence-corrected chi connectivity index (χ3v) is 10.5. The highest BCUT2D eigenvalue weighted by molar-refractivity contribution is 8.17. The van der Waals surface area contributed by atoms with Gasteiger partial charge in [-0.3, -0.25) is 4.79 Å². The SMILES string of the molecule is Cc1ccc([SH](c2ccc(C)cc2)c2ccc(Sc3ccc(C(=O)c4ccc(C(C)(C)C)cc4)cc3)cc2)cc1. The zero-order valence-electron chi connectivity index (χ0n) is 23.8. The van der Waals surface area contributed by atoms with Gasteiger partial charge in [-0.25, -0.2) is 0 Å². The maximum atomic E-state index is 13.0. The molecule has 0 saturated carbocycles. The van der Waals surface area contributed by atoms with Gasteiger partial charge in [0.2, 0.25) is 0 Å². The number of benzene rings is 5. The number of rotatable bonds is 7. The summed E-state index contributed by atoms with van der Waals surface area (Å²) in [5.41, 5.74) is 5.29. The number of carbonyl (C=O) groups is 1. The molecule has 202 valence electrons. The summed E-state index contributed by atoms with van der Waals surface area (Å²) in [6.45, 7) is 10.8. The number of hydrogen-bond donors (Lipinski definition) is 1. The first kappa shape index (κ1) is 28.0. The Hall–Kier alpha value is -3.53. The van der Waals surface area contributed by atoms with Crippen molar-refractivity contribution in [3.63, 3.8) is 0 Å². The third-order valence-electron chi connectivity index (χ3n) is 7.04. The van der Waals surface area contributed by atoms with Gasteiger partial charge in [0.1, 0.15) is 0 Å². The molecule has 5 rings (SSSR count). The molecule has 0 aliphatic heterocycles. The fraction of sp³-hybridized carbons (Fsp3) is 0.162. The van der Waals surface area contributed by atoms with Gasteiger partial charge < -0.3 is 0 Å². The summed E-state index contributed by atoms with van der Waals surface area (Å²) in [7, 11) is -0.632. The van der Waals surface area contributed by atoms with Gasteiger partial charge in [-0.15, -0.1) is 0 Å². The molecule has 0 unspecified atom stereocenters. The van der Waals surface area contributed by atoms with Crippen LogP contribution in [0.2, 0.25) is 0 Å². The molecule has 0 aliphatic rings. The first-order valence-corrected chi connectivity index (χ1v) is 15.8. The Kier molecular flexibility index (Phi) is 8.35. The first-order valence-electron chi connectivity index (χ1n) is 13.6. The molecule has 3 heteroatoms. The summed E-state index contributed by atoms with van der Waals surface area (Å²) in [4.78, 5) is 19.4. The molecule has 0 atom stereocenters. The van der Waals surface area contributed by atoms with E-state index in [2.05, 4.69) is 120 Å². The van der Waals surface area contributed by atoms with E-state index < -0.39 is 10.9 Å². The standard InChI is InChI=1S/C37H36OS2/c1-26-6-20-33(21-7-26)40(34-22-8-27(2)9-23-34)35-24-18-32(19-25-35)39-31-16-12-29(13-17-31)36(38)28-10-14-30(15-11-28)37(3,4)5/h6-25,40H,1-5H3. The quantitative estimate of drug-likeness (QED) is 0.157. The molecule has 1 nitrogen and oxygen atoms in total. The van der Waals surface area contributed by atoms with Crippen LogP contribution in [0.3, 0.4) is 0 Å². The summed E-state index contributed by atoms with van der Waals surface area (Å²) >= 11 is 1.72. The van der Waals surface area contributed by atoms with Crippen LogP contribution in [0.25, 0.3) is 0 Å². The van der Waals surface area contributed by atoms with E-state index in [9.17, 15) is 4.79 Å². The molecule has 0 fully saturated rings. The lowest BCUT2D eigenvalue weighted by Gasteiger charge is -2.24. The Bertz CT molecular complexity index is 1530. The second kappa shape index (κ2) is 11.9. The van der Waals surface area contributed by atoms with Crippen molar-refractivity contribution >= 4 is 28.4 Å². The predicted octanol–water partition coefficient (Wildman–Crippen LogP) is 10.5. The van der Waals surface area contributed by atoms with Crippen LogP contribution in [0.4, 0.5) is 0 Å². The molecule has 5 aromatic carbocycles. The van der Waals surface area contributed by atoms with Crippen LogP contribution < -0.4 is 0 Å². The Labute approximate surface area is 246 Å². The normalized spacial score (nSPS) is 11.8. The van der Waals surface area contributed by atoms with E-state index in [0.29, 0.717) is 5.56 Å². The van der Waals surface area contributed by atoms with Gasteiger partial charge in [0.25, 0.3) is 0 Å². The van der Waals surface area contributed by atoms with Crippen LogP contribution in [-0.4, -0.2) is 5.78 Å². The van der Waals surface area contributed by atoms with Crippen LogP contribution in [0.15, 0.2) is 146 Å². The van der Waals surface area contributed by atoms with Gasteiger partial charge in [0.05, 0.1) is 0 Å². The Balaban J connectivity index is 1.32. The molecule has 0 saturated heterocycles. The minimum absolute atomic E-state index is 0.0573. The van der Waals surface area contributed by atoms with Crippen LogP contribution >= 0.6 is 22.7 Å². The van der Waals surface area contributed by atoms with Crippen molar-refractivity contribution in [2.75, 3.05) is 0 Å². The number of aryl methyl sites for hydroxylation is 2. The lowest BCUT2D eigenvalue weighted by Crippen LogP contribution is -2.11. The highest BCUT2D eigenvalue weighted by atomic mass is 32.2. The number of carbonyl (C=O) groups excluding carboxylic acids is 1. The lowest BCUT2D eigenvalue weighted by atomic mass is 9.86. The summed E-state index contributed by atoms with van der Waals surface area (Å²) in [5.74, 6) is 0.0573. The number of hydrogen-bond acceptors (Lipinski definition) is 2. The average molecular weight is 561 g/mol. The maximum Gasteiger partial charge on any atom is 0.193 e. The van der Waals surface area contributed by atoms with E-state index >= 15 is 0 Å². The van der Waals surface area contributed by atoms with Crippen molar-refractivity contribution in [3.05, 3.63) is 149 Å². The van der Waals surface area contributed by atoms with E-state index in [-0.39, 0.29) is 11.2 Å². The zero-order valence-corrected chi connectivity index (χ0v) is 25.5. The predicted molar refractivity (Wildman–Crippen MR) is 172 cm³/mol. The minimum atomic E-state index is -0.632. The third kappa shape index (κ3) is 6.60. The van der Waals surface area contributed by atoms with Crippen molar-refractivity contribution in [1.82, 2.24) is 0 Å². The van der Waals surface area contributed by atoms with E-state index in [1.807, 2.05) is 36.4 Å². The molecule has 0 N–H and O–H groups in total. The molecule has 0 heterocycles. The Morgan fingerprint density at radius 3 is 1.27 bits per heavy atom. The van der Waals surface area contributed by atoms with Gasteiger partial charge in [-0.05, 0) is 112 Å². The van der Waals surface area contributed by atoms with Gasteiger partial charge in [0.15, 0.2) is 5.78 Å². The molecule has 0 aromatic heterocycles. The number of thiol groups is 1. The smallest absolute Gasteiger partial charge is 0.193 e. The molecule has 0 spiro atoms. The maximum absolute atomic E-state index is 13.0. The summed E-state index contributed by atoms with van der Waals surface area (Å²) in [6.07, 6.45) is 0. The van der Waals surface area contributed by atoms with Gasteiger partial charge in [-0.1, -0.05) is 92.2 Å². The van der Waals surface area contributed by atoms with Crippen molar-refractivity contribution in [2.24, 2.45) is 0 Å². The van der Waals surface area contributed by atoms with E-state index in [4.69, 9.17) is 0 Å². The van der Waals surface area contributed by atoms with Gasteiger partial charge >= 0.3 is 0 Å². The Morgan fingerprint density at radius 2 is 0.875 bits per heavy atom. The Morgan fingerprint density at radius 1 is 0.525 bits per heavy atom. The zero-order chi connectivity index (χ0) is 28.3. The fourth-order valence-electron chi connectivity index (χ4n) is 4.60. The van der Waals surface area contributed by atoms with E-state index in [0.717, 1.165) is 10.5 Å². The molecule has 40 heavy (non-hydrogen) atoms. The highest BCUT2D eigenvalue weighted by Gasteiger charge is 2.16. The summed E-state index contributed by atoms with van der Waals surface area (Å²) < 4.78 is 0. The van der Waals surface area contributed by atoms with Crippen LogP contribution in [0.5, 0.6) is 0 Å². The molecule has 0 radical (unpaired) electrons. The highest BCUT2D eigenvalue weighted by Crippen LogP contribution is 2.51. The van der Waals surface area contributed by atoms with Crippen molar-refractivity contribution in [3.8, 4) is 0 Å². The van der Waals surface area contributed by atoms with Crippen molar-refractivity contribution < 1.29 is 4.79 Å². The minimum Gasteiger partial charge on any atom is -0.289 e. The molecule has 0 bridgehead atoms. The van der Waals surface area contributed by atoms with Crippen LogP contribution in [0, 0.1) is 13.8 Å². The summed E-state index contributed by atoms with van der Waals surface area (Å²) in [6, 6.07) is 42.8. The molecule has 0 aliphatic carbocycles. The lowest BCUT2D eigenvalue weighted by molar-refractivity contribution is 0.103. The first-order chi connectivity index (χ1) is 19.2. The topological polar surface area (TPSA) is 17.1 Å². The van der Waals surface area contributed by atoms with Crippen LogP contribution in [0.1, 0.15) is 53.4 Å². The van der Waals surface area contributed by atoms with Gasteiger partial charge in [0, 0.05) is 20.9 Å². The molecule has 0 amide bonds. The van der Waals surface area contributed by atoms with E-state index in [1.54, 1.807) is 11.8 Å². The molecule has 5 aromatic rings. The monoisotopic (exact) mass is 560 g/mol. The van der Waals surface area contributed by atoms with Crippen molar-refractivity contribution in [1.29, 1.82) is 0 Å². The van der Waals surface area contributed by atoms with Crippen LogP contribution in [-0.2, 0) is 5.41 Å². The summed E-state index contributed by atoms with van der Waals surface area (Å²) in [5, 5.41) is 0. The molecular weight excluding hydrogens is 525 g/mol. The average Bonchev–Trinajstić information content (AvgIpc) is 2.96. The van der Waals surface area contributed by atoms with Crippen molar-refractivity contribution in [2.45, 2.75) is 64.5 Å².